The van der Waals surface area contributed by atoms with Gasteiger partial charge in [0, 0.05) is 20.7 Å². The normalized spacial score (nSPS) is 16.0. The quantitative estimate of drug-likeness (QED) is 0.484. The number of halogens is 3. The summed E-state index contributed by atoms with van der Waals surface area (Å²) >= 11 is 16.0. The summed E-state index contributed by atoms with van der Waals surface area (Å²) in [6.45, 7) is -0.118. The number of benzene rings is 3. The Morgan fingerprint density at radius 3 is 2.59 bits per heavy atom. The highest BCUT2D eigenvalue weighted by Gasteiger charge is 2.34. The molecule has 1 atom stereocenters. The molecule has 1 aliphatic rings. The van der Waals surface area contributed by atoms with E-state index in [-0.39, 0.29) is 18.4 Å². The van der Waals surface area contributed by atoms with E-state index in [0.717, 1.165) is 15.6 Å². The zero-order valence-electron chi connectivity index (χ0n) is 15.0. The number of fused-ring (bicyclic) bond motifs is 1. The molecule has 0 aliphatic carbocycles. The van der Waals surface area contributed by atoms with E-state index < -0.39 is 6.04 Å². The minimum atomic E-state index is -0.524. The molecule has 4 rings (SSSR count). The second-order valence-electron chi connectivity index (χ2n) is 6.65. The molecule has 0 spiro atoms. The lowest BCUT2D eigenvalue weighted by molar-refractivity contribution is -0.117. The van der Waals surface area contributed by atoms with Crippen LogP contribution in [0.25, 0.3) is 0 Å². The van der Waals surface area contributed by atoms with Gasteiger partial charge in [-0.3, -0.25) is 9.59 Å². The van der Waals surface area contributed by atoms with Gasteiger partial charge < -0.3 is 10.2 Å². The molecule has 4 nitrogen and oxygen atoms in total. The third kappa shape index (κ3) is 4.04. The lowest BCUT2D eigenvalue weighted by Crippen LogP contribution is -2.39. The average molecular weight is 490 g/mol. The van der Waals surface area contributed by atoms with Crippen LogP contribution in [0.4, 0.5) is 5.69 Å². The number of amides is 2. The fourth-order valence-electron chi connectivity index (χ4n) is 3.49. The SMILES string of the molecule is O=C1CN(C(=O)c2ccccc2Cl)[C@@H](c2cccc(Cl)c2)c2cc(Br)ccc2N1. The van der Waals surface area contributed by atoms with Crippen molar-refractivity contribution in [1.82, 2.24) is 4.90 Å². The number of anilines is 1. The van der Waals surface area contributed by atoms with Crippen molar-refractivity contribution in [2.45, 2.75) is 6.04 Å². The number of hydrogen-bond acceptors (Lipinski definition) is 2. The van der Waals surface area contributed by atoms with Crippen LogP contribution < -0.4 is 5.32 Å². The number of hydrogen-bond donors (Lipinski definition) is 1. The van der Waals surface area contributed by atoms with Crippen molar-refractivity contribution >= 4 is 56.6 Å². The maximum atomic E-state index is 13.5. The van der Waals surface area contributed by atoms with Crippen LogP contribution in [0.1, 0.15) is 27.5 Å². The second kappa shape index (κ2) is 8.19. The number of carbonyl (C=O) groups is 2. The van der Waals surface area contributed by atoms with Crippen molar-refractivity contribution in [3.8, 4) is 0 Å². The van der Waals surface area contributed by atoms with Gasteiger partial charge in [-0.25, -0.2) is 0 Å². The second-order valence-corrected chi connectivity index (χ2v) is 8.41. The third-order valence-corrected chi connectivity index (χ3v) is 5.80. The highest BCUT2D eigenvalue weighted by Crippen LogP contribution is 2.39. The number of carbonyl (C=O) groups excluding carboxylic acids is 2. The molecule has 7 heteroatoms. The minimum Gasteiger partial charge on any atom is -0.324 e. The fourth-order valence-corrected chi connectivity index (χ4v) is 4.29. The summed E-state index contributed by atoms with van der Waals surface area (Å²) in [5.41, 5.74) is 2.58. The highest BCUT2D eigenvalue weighted by atomic mass is 79.9. The largest absolute Gasteiger partial charge is 0.324 e. The topological polar surface area (TPSA) is 49.4 Å². The van der Waals surface area contributed by atoms with Crippen LogP contribution in [0, 0.1) is 0 Å². The fraction of sp³-hybridized carbons (Fsp3) is 0.0909. The smallest absolute Gasteiger partial charge is 0.256 e. The first-order valence-electron chi connectivity index (χ1n) is 8.84. The van der Waals surface area contributed by atoms with E-state index in [4.69, 9.17) is 23.2 Å². The summed E-state index contributed by atoms with van der Waals surface area (Å²) in [6.07, 6.45) is 0. The van der Waals surface area contributed by atoms with Crippen LogP contribution in [0.2, 0.25) is 10.0 Å². The molecule has 29 heavy (non-hydrogen) atoms. The van der Waals surface area contributed by atoms with Crippen LogP contribution in [0.15, 0.2) is 71.2 Å². The molecule has 1 aliphatic heterocycles. The Kier molecular flexibility index (Phi) is 5.63. The number of rotatable bonds is 2. The predicted molar refractivity (Wildman–Crippen MR) is 119 cm³/mol. The summed E-state index contributed by atoms with van der Waals surface area (Å²) in [7, 11) is 0. The lowest BCUT2D eigenvalue weighted by atomic mass is 9.95. The molecule has 146 valence electrons. The minimum absolute atomic E-state index is 0.118. The monoisotopic (exact) mass is 488 g/mol. The Morgan fingerprint density at radius 1 is 1.03 bits per heavy atom. The molecular formula is C22H15BrCl2N2O2. The molecule has 3 aromatic carbocycles. The molecule has 1 N–H and O–H groups in total. The average Bonchev–Trinajstić information content (AvgIpc) is 2.83. The summed E-state index contributed by atoms with van der Waals surface area (Å²) in [5.74, 6) is -0.609. The van der Waals surface area contributed by atoms with E-state index in [0.29, 0.717) is 21.3 Å². The molecule has 0 bridgehead atoms. The molecule has 0 fully saturated rings. The summed E-state index contributed by atoms with van der Waals surface area (Å²) in [6, 6.07) is 19.2. The van der Waals surface area contributed by atoms with Crippen LogP contribution >= 0.6 is 39.1 Å². The molecule has 0 unspecified atom stereocenters. The summed E-state index contributed by atoms with van der Waals surface area (Å²) in [5, 5.41) is 3.78. The summed E-state index contributed by atoms with van der Waals surface area (Å²) < 4.78 is 0.838. The van der Waals surface area contributed by atoms with Crippen molar-refractivity contribution in [3.05, 3.63) is 97.9 Å². The molecule has 0 radical (unpaired) electrons. The van der Waals surface area contributed by atoms with E-state index >= 15 is 0 Å². The van der Waals surface area contributed by atoms with Gasteiger partial charge in [-0.05, 0) is 48.0 Å². The van der Waals surface area contributed by atoms with Crippen molar-refractivity contribution < 1.29 is 9.59 Å². The van der Waals surface area contributed by atoms with E-state index in [1.165, 1.54) is 4.90 Å². The van der Waals surface area contributed by atoms with Gasteiger partial charge in [-0.1, -0.05) is 63.4 Å². The Balaban J connectivity index is 1.93. The Hall–Kier alpha value is -2.34. The van der Waals surface area contributed by atoms with Gasteiger partial charge in [0.25, 0.3) is 5.91 Å². The maximum Gasteiger partial charge on any atom is 0.256 e. The molecule has 0 saturated carbocycles. The van der Waals surface area contributed by atoms with E-state index in [1.807, 2.05) is 30.3 Å². The van der Waals surface area contributed by atoms with E-state index in [9.17, 15) is 9.59 Å². The van der Waals surface area contributed by atoms with E-state index in [2.05, 4.69) is 21.2 Å². The highest BCUT2D eigenvalue weighted by molar-refractivity contribution is 9.10. The van der Waals surface area contributed by atoms with Gasteiger partial charge >= 0.3 is 0 Å². The van der Waals surface area contributed by atoms with Crippen LogP contribution in [0.3, 0.4) is 0 Å². The zero-order valence-corrected chi connectivity index (χ0v) is 18.1. The first kappa shape index (κ1) is 20.0. The molecule has 2 amide bonds. The van der Waals surface area contributed by atoms with Gasteiger partial charge in [0.15, 0.2) is 0 Å². The van der Waals surface area contributed by atoms with Gasteiger partial charge in [0.2, 0.25) is 5.91 Å². The maximum absolute atomic E-state index is 13.5. The molecular weight excluding hydrogens is 475 g/mol. The molecule has 1 heterocycles. The van der Waals surface area contributed by atoms with Crippen LogP contribution in [0.5, 0.6) is 0 Å². The van der Waals surface area contributed by atoms with Crippen LogP contribution in [-0.4, -0.2) is 23.3 Å². The van der Waals surface area contributed by atoms with Gasteiger partial charge in [0.05, 0.1) is 16.6 Å². The van der Waals surface area contributed by atoms with Gasteiger partial charge in [-0.2, -0.15) is 0 Å². The molecule has 0 aromatic heterocycles. The Bertz CT molecular complexity index is 1120. The third-order valence-electron chi connectivity index (χ3n) is 4.74. The van der Waals surface area contributed by atoms with Crippen molar-refractivity contribution in [3.63, 3.8) is 0 Å². The van der Waals surface area contributed by atoms with Crippen LogP contribution in [-0.2, 0) is 4.79 Å². The first-order chi connectivity index (χ1) is 13.9. The van der Waals surface area contributed by atoms with Crippen molar-refractivity contribution in [2.75, 3.05) is 11.9 Å². The van der Waals surface area contributed by atoms with Crippen molar-refractivity contribution in [1.29, 1.82) is 0 Å². The molecule has 0 saturated heterocycles. The zero-order chi connectivity index (χ0) is 20.5. The lowest BCUT2D eigenvalue weighted by Gasteiger charge is -2.31. The predicted octanol–water partition coefficient (Wildman–Crippen LogP) is 5.94. The van der Waals surface area contributed by atoms with Gasteiger partial charge in [0.1, 0.15) is 6.54 Å². The van der Waals surface area contributed by atoms with Gasteiger partial charge in [-0.15, -0.1) is 0 Å². The molecule has 3 aromatic rings. The first-order valence-corrected chi connectivity index (χ1v) is 10.4. The number of nitrogens with one attached hydrogen (secondary N) is 1. The Labute approximate surface area is 186 Å². The van der Waals surface area contributed by atoms with Crippen molar-refractivity contribution in [2.24, 2.45) is 0 Å². The number of nitrogens with zero attached hydrogens (tertiary/aromatic N) is 1. The Morgan fingerprint density at radius 2 is 1.83 bits per heavy atom. The van der Waals surface area contributed by atoms with E-state index in [1.54, 1.807) is 36.4 Å². The standard InChI is InChI=1S/C22H15BrCl2N2O2/c23-14-8-9-19-17(11-14)21(13-4-3-5-15(24)10-13)27(12-20(28)26-19)22(29)16-6-1-2-7-18(16)25/h1-11,21H,12H2,(H,26,28)/t21-/m0/s1. The summed E-state index contributed by atoms with van der Waals surface area (Å²) in [4.78, 5) is 27.7.